The van der Waals surface area contributed by atoms with E-state index >= 15 is 0 Å². The SMILES string of the molecule is O=C([O-])c1ccc(CC(Br)CBr)c(CC(Br)CBr)c1C(=O)[O-]. The summed E-state index contributed by atoms with van der Waals surface area (Å²) in [6, 6.07) is 2.91. The van der Waals surface area contributed by atoms with E-state index < -0.39 is 11.9 Å². The first-order chi connectivity index (χ1) is 10.3. The Labute approximate surface area is 162 Å². The van der Waals surface area contributed by atoms with Crippen molar-refractivity contribution in [3.63, 3.8) is 0 Å². The molecule has 0 radical (unpaired) electrons. The average molecular weight is 564 g/mol. The van der Waals surface area contributed by atoms with Crippen LogP contribution in [0, 0.1) is 0 Å². The topological polar surface area (TPSA) is 80.3 Å². The van der Waals surface area contributed by atoms with Crippen LogP contribution < -0.4 is 10.2 Å². The molecular formula is C14H12Br4O4-2. The standard InChI is InChI=1S/C14H14Br4O4/c15-5-8(17)3-7-1-2-10(13(19)20)12(14(21)22)11(7)4-9(18)6-16/h1-2,8-9H,3-6H2,(H,19,20)(H,21,22)/p-2. The van der Waals surface area contributed by atoms with Crippen LogP contribution in [0.3, 0.4) is 0 Å². The molecule has 0 saturated carbocycles. The molecule has 1 aromatic carbocycles. The molecule has 8 heteroatoms. The van der Waals surface area contributed by atoms with Crippen LogP contribution in [0.1, 0.15) is 31.8 Å². The van der Waals surface area contributed by atoms with E-state index in [4.69, 9.17) is 0 Å². The van der Waals surface area contributed by atoms with Gasteiger partial charge in [0, 0.05) is 31.4 Å². The Morgan fingerprint density at radius 1 is 0.955 bits per heavy atom. The molecule has 22 heavy (non-hydrogen) atoms. The summed E-state index contributed by atoms with van der Waals surface area (Å²) < 4.78 is 0. The van der Waals surface area contributed by atoms with Gasteiger partial charge < -0.3 is 19.8 Å². The monoisotopic (exact) mass is 560 g/mol. The molecule has 0 aliphatic heterocycles. The third-order valence-electron chi connectivity index (χ3n) is 3.04. The summed E-state index contributed by atoms with van der Waals surface area (Å²) in [7, 11) is 0. The summed E-state index contributed by atoms with van der Waals surface area (Å²) in [5, 5.41) is 23.9. The second-order valence-electron chi connectivity index (χ2n) is 4.61. The van der Waals surface area contributed by atoms with Gasteiger partial charge in [-0.05, 0) is 24.0 Å². The van der Waals surface area contributed by atoms with Crippen molar-refractivity contribution < 1.29 is 19.8 Å². The zero-order valence-corrected chi connectivity index (χ0v) is 17.6. The highest BCUT2D eigenvalue weighted by molar-refractivity contribution is 9.12. The molecule has 2 unspecified atom stereocenters. The molecule has 0 bridgehead atoms. The summed E-state index contributed by atoms with van der Waals surface area (Å²) in [6.45, 7) is 0. The minimum atomic E-state index is -1.52. The first kappa shape index (κ1) is 20.1. The summed E-state index contributed by atoms with van der Waals surface area (Å²) >= 11 is 13.6. The Bertz CT molecular complexity index is 562. The van der Waals surface area contributed by atoms with Crippen LogP contribution in [0.25, 0.3) is 0 Å². The summed E-state index contributed by atoms with van der Waals surface area (Å²) in [6.07, 6.45) is 0.934. The van der Waals surface area contributed by atoms with Gasteiger partial charge in [0.05, 0.1) is 11.9 Å². The highest BCUT2D eigenvalue weighted by atomic mass is 79.9. The molecule has 0 N–H and O–H groups in total. The van der Waals surface area contributed by atoms with Gasteiger partial charge in [-0.25, -0.2) is 0 Å². The fraction of sp³-hybridized carbons (Fsp3) is 0.429. The van der Waals surface area contributed by atoms with Crippen LogP contribution in [0.5, 0.6) is 0 Å². The highest BCUT2D eigenvalue weighted by Crippen LogP contribution is 2.26. The van der Waals surface area contributed by atoms with E-state index in [1.54, 1.807) is 6.07 Å². The van der Waals surface area contributed by atoms with Crippen LogP contribution in [-0.2, 0) is 12.8 Å². The molecule has 122 valence electrons. The fourth-order valence-corrected chi connectivity index (χ4v) is 3.22. The number of alkyl halides is 4. The van der Waals surface area contributed by atoms with Crippen molar-refractivity contribution in [2.45, 2.75) is 22.5 Å². The molecule has 0 aromatic heterocycles. The van der Waals surface area contributed by atoms with Crippen molar-refractivity contribution in [3.8, 4) is 0 Å². The number of rotatable bonds is 8. The Kier molecular flexibility index (Phi) is 8.59. The van der Waals surface area contributed by atoms with Crippen LogP contribution in [0.2, 0.25) is 0 Å². The van der Waals surface area contributed by atoms with E-state index in [1.165, 1.54) is 6.07 Å². The molecule has 1 rings (SSSR count). The molecular weight excluding hydrogens is 552 g/mol. The van der Waals surface area contributed by atoms with Crippen molar-refractivity contribution in [1.29, 1.82) is 0 Å². The van der Waals surface area contributed by atoms with Crippen LogP contribution in [0.4, 0.5) is 0 Å². The normalized spacial score (nSPS) is 13.6. The summed E-state index contributed by atoms with van der Waals surface area (Å²) in [5.74, 6) is -3.02. The first-order valence-electron chi connectivity index (χ1n) is 6.29. The molecule has 0 saturated heterocycles. The molecule has 0 fully saturated rings. The largest absolute Gasteiger partial charge is 0.545 e. The predicted octanol–water partition coefficient (Wildman–Crippen LogP) is 1.82. The van der Waals surface area contributed by atoms with Crippen LogP contribution >= 0.6 is 63.7 Å². The minimum absolute atomic E-state index is 0.0286. The van der Waals surface area contributed by atoms with Crippen molar-refractivity contribution in [3.05, 3.63) is 34.4 Å². The van der Waals surface area contributed by atoms with Crippen molar-refractivity contribution in [2.24, 2.45) is 0 Å². The van der Waals surface area contributed by atoms with E-state index in [9.17, 15) is 19.8 Å². The van der Waals surface area contributed by atoms with Crippen molar-refractivity contribution >= 4 is 75.7 Å². The third kappa shape index (κ3) is 5.32. The number of benzene rings is 1. The maximum absolute atomic E-state index is 11.5. The number of hydrogen-bond acceptors (Lipinski definition) is 4. The van der Waals surface area contributed by atoms with Gasteiger partial charge in [0.15, 0.2) is 0 Å². The van der Waals surface area contributed by atoms with Gasteiger partial charge in [0.25, 0.3) is 0 Å². The van der Waals surface area contributed by atoms with Gasteiger partial charge >= 0.3 is 0 Å². The van der Waals surface area contributed by atoms with E-state index in [-0.39, 0.29) is 20.8 Å². The van der Waals surface area contributed by atoms with E-state index in [0.717, 1.165) is 5.56 Å². The lowest BCUT2D eigenvalue weighted by Gasteiger charge is -2.22. The lowest BCUT2D eigenvalue weighted by Crippen LogP contribution is -2.32. The lowest BCUT2D eigenvalue weighted by molar-refractivity contribution is -0.259. The highest BCUT2D eigenvalue weighted by Gasteiger charge is 2.19. The number of halogens is 4. The Morgan fingerprint density at radius 3 is 1.95 bits per heavy atom. The lowest BCUT2D eigenvalue weighted by atomic mass is 9.91. The zero-order valence-electron chi connectivity index (χ0n) is 11.3. The number of carbonyl (C=O) groups is 2. The van der Waals surface area contributed by atoms with Gasteiger partial charge in [0.2, 0.25) is 0 Å². The zero-order chi connectivity index (χ0) is 16.9. The van der Waals surface area contributed by atoms with E-state index in [0.29, 0.717) is 29.1 Å². The molecule has 0 amide bonds. The Hall–Kier alpha value is 0.0800. The molecule has 0 heterocycles. The number of carbonyl (C=O) groups excluding carboxylic acids is 2. The quantitative estimate of drug-likeness (QED) is 0.452. The van der Waals surface area contributed by atoms with Gasteiger partial charge in [-0.3, -0.25) is 0 Å². The van der Waals surface area contributed by atoms with E-state index in [2.05, 4.69) is 63.7 Å². The van der Waals surface area contributed by atoms with E-state index in [1.807, 2.05) is 0 Å². The number of carboxylic acid groups (broad SMARTS) is 2. The predicted molar refractivity (Wildman–Crippen MR) is 95.5 cm³/mol. The van der Waals surface area contributed by atoms with Crippen LogP contribution in [0.15, 0.2) is 12.1 Å². The molecule has 0 spiro atoms. The third-order valence-corrected chi connectivity index (χ3v) is 7.63. The van der Waals surface area contributed by atoms with Crippen molar-refractivity contribution in [2.75, 3.05) is 10.7 Å². The van der Waals surface area contributed by atoms with Gasteiger partial charge in [-0.1, -0.05) is 75.9 Å². The van der Waals surface area contributed by atoms with Gasteiger partial charge in [-0.15, -0.1) is 0 Å². The Morgan fingerprint density at radius 2 is 1.50 bits per heavy atom. The maximum atomic E-state index is 11.5. The fourth-order valence-electron chi connectivity index (χ4n) is 2.09. The molecule has 4 nitrogen and oxygen atoms in total. The second-order valence-corrected chi connectivity index (χ2v) is 8.50. The summed E-state index contributed by atoms with van der Waals surface area (Å²) in [4.78, 5) is 22.7. The minimum Gasteiger partial charge on any atom is -0.545 e. The average Bonchev–Trinajstić information content (AvgIpc) is 2.47. The number of aromatic carboxylic acids is 2. The molecule has 2 atom stereocenters. The molecule has 0 aliphatic rings. The van der Waals surface area contributed by atoms with Gasteiger partial charge in [0.1, 0.15) is 0 Å². The second kappa shape index (κ2) is 9.39. The molecule has 0 aliphatic carbocycles. The number of carboxylic acids is 2. The molecule has 1 aromatic rings. The Balaban J connectivity index is 3.47. The smallest absolute Gasteiger partial charge is 0.0724 e. The first-order valence-corrected chi connectivity index (χ1v) is 10.4. The van der Waals surface area contributed by atoms with Gasteiger partial charge in [-0.2, -0.15) is 0 Å². The van der Waals surface area contributed by atoms with Crippen LogP contribution in [-0.4, -0.2) is 32.3 Å². The summed E-state index contributed by atoms with van der Waals surface area (Å²) in [5.41, 5.74) is 0.597. The maximum Gasteiger partial charge on any atom is 0.0724 e. The number of hydrogen-bond donors (Lipinski definition) is 0. The van der Waals surface area contributed by atoms with Crippen molar-refractivity contribution in [1.82, 2.24) is 0 Å².